The Hall–Kier alpha value is -2.21. The number of carbonyl (C=O) groups excluding carboxylic acids is 1. The van der Waals surface area contributed by atoms with Crippen LogP contribution in [0.4, 0.5) is 5.69 Å². The molecule has 19 heavy (non-hydrogen) atoms. The van der Waals surface area contributed by atoms with E-state index in [4.69, 9.17) is 18.0 Å². The van der Waals surface area contributed by atoms with Crippen molar-refractivity contribution in [1.82, 2.24) is 9.55 Å². The van der Waals surface area contributed by atoms with E-state index >= 15 is 0 Å². The van der Waals surface area contributed by atoms with E-state index in [1.807, 2.05) is 16.8 Å². The Morgan fingerprint density at radius 3 is 3.00 bits per heavy atom. The second-order valence-corrected chi connectivity index (χ2v) is 4.48. The van der Waals surface area contributed by atoms with E-state index in [-0.39, 0.29) is 5.91 Å². The molecule has 98 valence electrons. The number of aryl methyl sites for hydroxylation is 1. The molecule has 0 aliphatic rings. The maximum atomic E-state index is 11.8. The molecule has 0 fully saturated rings. The number of nitrogens with two attached hydrogens (primary N) is 1. The lowest BCUT2D eigenvalue weighted by atomic mass is 10.2. The van der Waals surface area contributed by atoms with Crippen LogP contribution in [-0.4, -0.2) is 20.4 Å². The maximum Gasteiger partial charge on any atom is 0.226 e. The molecule has 0 aliphatic heterocycles. The number of amides is 1. The van der Waals surface area contributed by atoms with E-state index < -0.39 is 0 Å². The summed E-state index contributed by atoms with van der Waals surface area (Å²) in [5.41, 5.74) is 6.98. The third-order valence-electron chi connectivity index (χ3n) is 2.59. The second-order valence-electron chi connectivity index (χ2n) is 4.04. The summed E-state index contributed by atoms with van der Waals surface area (Å²) in [4.78, 5) is 16.0. The van der Waals surface area contributed by atoms with Crippen LogP contribution in [0.15, 0.2) is 43.0 Å². The third-order valence-corrected chi connectivity index (χ3v) is 2.82. The number of carbonyl (C=O) groups is 1. The highest BCUT2D eigenvalue weighted by molar-refractivity contribution is 7.80. The number of rotatable bonds is 5. The first-order valence-electron chi connectivity index (χ1n) is 5.80. The van der Waals surface area contributed by atoms with Crippen LogP contribution in [0.3, 0.4) is 0 Å². The highest BCUT2D eigenvalue weighted by atomic mass is 32.1. The van der Waals surface area contributed by atoms with Crippen LogP contribution in [0.25, 0.3) is 0 Å². The summed E-state index contributed by atoms with van der Waals surface area (Å²) in [6.45, 7) is 0.598. The van der Waals surface area contributed by atoms with Crippen LogP contribution in [0.2, 0.25) is 0 Å². The van der Waals surface area contributed by atoms with Gasteiger partial charge in [0.15, 0.2) is 0 Å². The Kier molecular flexibility index (Phi) is 4.25. The Bertz CT molecular complexity index is 580. The number of anilines is 1. The number of benzene rings is 1. The van der Waals surface area contributed by atoms with Gasteiger partial charge < -0.3 is 15.6 Å². The van der Waals surface area contributed by atoms with Crippen LogP contribution < -0.4 is 11.1 Å². The van der Waals surface area contributed by atoms with Crippen molar-refractivity contribution in [3.8, 4) is 0 Å². The molecular formula is C13H14N4OS. The zero-order valence-corrected chi connectivity index (χ0v) is 11.1. The summed E-state index contributed by atoms with van der Waals surface area (Å²) in [6, 6.07) is 7.18. The first kappa shape index (κ1) is 13.2. The molecule has 0 aliphatic carbocycles. The summed E-state index contributed by atoms with van der Waals surface area (Å²) in [6.07, 6.45) is 5.57. The van der Waals surface area contributed by atoms with Gasteiger partial charge in [-0.05, 0) is 12.1 Å². The van der Waals surface area contributed by atoms with Crippen molar-refractivity contribution in [1.29, 1.82) is 0 Å². The van der Waals surface area contributed by atoms with Crippen molar-refractivity contribution < 1.29 is 4.79 Å². The molecule has 3 N–H and O–H groups in total. The summed E-state index contributed by atoms with van der Waals surface area (Å²) in [7, 11) is 0. The van der Waals surface area contributed by atoms with Gasteiger partial charge in [-0.3, -0.25) is 4.79 Å². The number of thiocarbonyl (C=S) groups is 1. The van der Waals surface area contributed by atoms with Gasteiger partial charge in [0.05, 0.1) is 6.33 Å². The van der Waals surface area contributed by atoms with Crippen molar-refractivity contribution in [3.63, 3.8) is 0 Å². The van der Waals surface area contributed by atoms with E-state index in [0.717, 1.165) is 5.56 Å². The van der Waals surface area contributed by atoms with Crippen molar-refractivity contribution >= 4 is 28.8 Å². The molecule has 1 aromatic carbocycles. The van der Waals surface area contributed by atoms with Gasteiger partial charge in [-0.25, -0.2) is 4.98 Å². The molecule has 0 radical (unpaired) electrons. The molecular weight excluding hydrogens is 260 g/mol. The summed E-state index contributed by atoms with van der Waals surface area (Å²) in [5, 5.41) is 2.81. The normalized spacial score (nSPS) is 10.1. The van der Waals surface area contributed by atoms with Crippen LogP contribution in [0.5, 0.6) is 0 Å². The van der Waals surface area contributed by atoms with Gasteiger partial charge in [0.2, 0.25) is 5.91 Å². The van der Waals surface area contributed by atoms with Crippen molar-refractivity contribution in [2.75, 3.05) is 5.32 Å². The number of hydrogen-bond donors (Lipinski definition) is 2. The fourth-order valence-corrected chi connectivity index (χ4v) is 1.75. The molecule has 1 heterocycles. The van der Waals surface area contributed by atoms with Gasteiger partial charge in [0.25, 0.3) is 0 Å². The summed E-state index contributed by atoms with van der Waals surface area (Å²) in [5.74, 6) is -0.0613. The van der Waals surface area contributed by atoms with E-state index in [1.54, 1.807) is 30.7 Å². The highest BCUT2D eigenvalue weighted by Gasteiger charge is 2.04. The first-order valence-corrected chi connectivity index (χ1v) is 6.21. The van der Waals surface area contributed by atoms with Gasteiger partial charge in [-0.2, -0.15) is 0 Å². The van der Waals surface area contributed by atoms with Gasteiger partial charge in [0, 0.05) is 36.6 Å². The molecule has 6 heteroatoms. The van der Waals surface area contributed by atoms with Crippen LogP contribution >= 0.6 is 12.2 Å². The van der Waals surface area contributed by atoms with Gasteiger partial charge in [-0.15, -0.1) is 0 Å². The standard InChI is InChI=1S/C13H14N4OS/c14-13(19)10-2-1-3-11(8-10)16-12(18)4-6-17-7-5-15-9-17/h1-3,5,7-9H,4,6H2,(H2,14,19)(H,16,18). The quantitative estimate of drug-likeness (QED) is 0.811. The van der Waals surface area contributed by atoms with E-state index in [1.165, 1.54) is 0 Å². The van der Waals surface area contributed by atoms with Gasteiger partial charge in [0.1, 0.15) is 4.99 Å². The predicted molar refractivity (Wildman–Crippen MR) is 77.8 cm³/mol. The maximum absolute atomic E-state index is 11.8. The molecule has 1 amide bonds. The first-order chi connectivity index (χ1) is 9.15. The van der Waals surface area contributed by atoms with E-state index in [9.17, 15) is 4.79 Å². The molecule has 0 atom stereocenters. The van der Waals surface area contributed by atoms with Crippen molar-refractivity contribution in [2.45, 2.75) is 13.0 Å². The highest BCUT2D eigenvalue weighted by Crippen LogP contribution is 2.11. The third kappa shape index (κ3) is 3.89. The zero-order chi connectivity index (χ0) is 13.7. The molecule has 0 spiro atoms. The molecule has 5 nitrogen and oxygen atoms in total. The van der Waals surface area contributed by atoms with Crippen molar-refractivity contribution in [3.05, 3.63) is 48.5 Å². The van der Waals surface area contributed by atoms with Crippen LogP contribution in [-0.2, 0) is 11.3 Å². The lowest BCUT2D eigenvalue weighted by molar-refractivity contribution is -0.116. The molecule has 1 aromatic heterocycles. The smallest absolute Gasteiger partial charge is 0.226 e. The number of imidazole rings is 1. The minimum Gasteiger partial charge on any atom is -0.389 e. The van der Waals surface area contributed by atoms with Crippen LogP contribution in [0.1, 0.15) is 12.0 Å². The zero-order valence-electron chi connectivity index (χ0n) is 10.2. The average molecular weight is 274 g/mol. The SMILES string of the molecule is NC(=S)c1cccc(NC(=O)CCn2ccnc2)c1. The van der Waals surface area contributed by atoms with Gasteiger partial charge in [-0.1, -0.05) is 24.4 Å². The fourth-order valence-electron chi connectivity index (χ4n) is 1.62. The Balaban J connectivity index is 1.91. The molecule has 2 rings (SSSR count). The Labute approximate surface area is 116 Å². The second kappa shape index (κ2) is 6.10. The lowest BCUT2D eigenvalue weighted by Crippen LogP contribution is -2.15. The predicted octanol–water partition coefficient (Wildman–Crippen LogP) is 1.55. The van der Waals surface area contributed by atoms with Crippen molar-refractivity contribution in [2.24, 2.45) is 5.73 Å². The molecule has 2 aromatic rings. The Morgan fingerprint density at radius 2 is 2.32 bits per heavy atom. The average Bonchev–Trinajstić information content (AvgIpc) is 2.90. The van der Waals surface area contributed by atoms with Crippen LogP contribution in [0, 0.1) is 0 Å². The number of hydrogen-bond acceptors (Lipinski definition) is 3. The summed E-state index contributed by atoms with van der Waals surface area (Å²) >= 11 is 4.90. The summed E-state index contributed by atoms with van der Waals surface area (Å²) < 4.78 is 1.85. The van der Waals surface area contributed by atoms with E-state index in [2.05, 4.69) is 10.3 Å². The largest absolute Gasteiger partial charge is 0.389 e. The van der Waals surface area contributed by atoms with Gasteiger partial charge >= 0.3 is 0 Å². The lowest BCUT2D eigenvalue weighted by Gasteiger charge is -2.07. The number of aromatic nitrogens is 2. The Morgan fingerprint density at radius 1 is 1.47 bits per heavy atom. The minimum atomic E-state index is -0.0613. The minimum absolute atomic E-state index is 0.0613. The molecule has 0 saturated heterocycles. The molecule has 0 unspecified atom stereocenters. The number of nitrogens with zero attached hydrogens (tertiary/aromatic N) is 2. The molecule has 0 saturated carbocycles. The topological polar surface area (TPSA) is 72.9 Å². The fraction of sp³-hybridized carbons (Fsp3) is 0.154. The monoisotopic (exact) mass is 274 g/mol. The van der Waals surface area contributed by atoms with E-state index in [0.29, 0.717) is 23.6 Å². The number of nitrogens with one attached hydrogen (secondary N) is 1. The molecule has 0 bridgehead atoms.